The van der Waals surface area contributed by atoms with Gasteiger partial charge in [0.05, 0.1) is 0 Å². The van der Waals surface area contributed by atoms with Gasteiger partial charge in [0.2, 0.25) is 5.79 Å². The average molecular weight is 269 g/mol. The maximum Gasteiger partial charge on any atom is 0.402 e. The van der Waals surface area contributed by atoms with Gasteiger partial charge in [0, 0.05) is 5.41 Å². The van der Waals surface area contributed by atoms with Crippen LogP contribution in [0.25, 0.3) is 0 Å². The van der Waals surface area contributed by atoms with E-state index in [0.717, 1.165) is 5.92 Å². The van der Waals surface area contributed by atoms with Crippen molar-refractivity contribution in [2.45, 2.75) is 69.9 Å². The zero-order valence-corrected chi connectivity index (χ0v) is 11.4. The first-order valence-electron chi connectivity index (χ1n) is 7.33. The van der Waals surface area contributed by atoms with Crippen LogP contribution in [-0.2, 0) is 9.47 Å². The highest BCUT2D eigenvalue weighted by molar-refractivity contribution is 5.61. The molecule has 0 radical (unpaired) electrons. The van der Waals surface area contributed by atoms with Crippen LogP contribution in [0, 0.1) is 11.3 Å². The normalized spacial score (nSPS) is 47.2. The van der Waals surface area contributed by atoms with Gasteiger partial charge >= 0.3 is 6.09 Å². The van der Waals surface area contributed by atoms with Crippen LogP contribution in [0.4, 0.5) is 4.79 Å². The zero-order valence-electron chi connectivity index (χ0n) is 11.4. The molecule has 0 aromatic carbocycles. The highest BCUT2D eigenvalue weighted by atomic mass is 16.9. The Bertz CT molecular complexity index is 378. The summed E-state index contributed by atoms with van der Waals surface area (Å²) in [5, 5.41) is 7.19. The highest BCUT2D eigenvalue weighted by Crippen LogP contribution is 2.69. The Balaban J connectivity index is 0.000000247. The maximum absolute atomic E-state index is 8.78. The van der Waals surface area contributed by atoms with E-state index in [-0.39, 0.29) is 5.79 Å². The van der Waals surface area contributed by atoms with Crippen LogP contribution in [0.3, 0.4) is 0 Å². The number of hydrogen-bond acceptors (Lipinski definition) is 3. The number of hydrogen-bond donors (Lipinski definition) is 2. The van der Waals surface area contributed by atoms with Crippen LogP contribution in [0.1, 0.15) is 51.9 Å². The first-order valence-corrected chi connectivity index (χ1v) is 7.33. The van der Waals surface area contributed by atoms with E-state index in [9.17, 15) is 0 Å². The SMILES string of the molecule is CC1(C2CCCCC2)CCC2OC23OC13.NC(=O)O. The summed E-state index contributed by atoms with van der Waals surface area (Å²) >= 11 is 0. The maximum atomic E-state index is 8.78. The fourth-order valence-corrected chi connectivity index (χ4v) is 4.28. The first kappa shape index (κ1) is 13.2. The van der Waals surface area contributed by atoms with Crippen molar-refractivity contribution in [3.05, 3.63) is 0 Å². The minimum absolute atomic E-state index is 0.0511. The quantitative estimate of drug-likeness (QED) is 0.716. The minimum Gasteiger partial charge on any atom is -0.465 e. The molecule has 108 valence electrons. The molecule has 2 heterocycles. The van der Waals surface area contributed by atoms with E-state index in [1.165, 1.54) is 44.9 Å². The Morgan fingerprint density at radius 2 is 1.84 bits per heavy atom. The molecule has 0 aromatic rings. The van der Waals surface area contributed by atoms with Crippen LogP contribution in [-0.4, -0.2) is 29.2 Å². The zero-order chi connectivity index (χ0) is 13.7. The lowest BCUT2D eigenvalue weighted by Gasteiger charge is -2.40. The molecule has 2 saturated heterocycles. The summed E-state index contributed by atoms with van der Waals surface area (Å²) in [5.74, 6) is 0.852. The summed E-state index contributed by atoms with van der Waals surface area (Å²) in [6.07, 6.45) is 9.33. The molecule has 0 bridgehead atoms. The van der Waals surface area contributed by atoms with Gasteiger partial charge in [0.25, 0.3) is 0 Å². The van der Waals surface area contributed by atoms with Gasteiger partial charge in [0.15, 0.2) is 0 Å². The van der Waals surface area contributed by atoms with Crippen molar-refractivity contribution in [1.29, 1.82) is 0 Å². The molecule has 4 aliphatic rings. The van der Waals surface area contributed by atoms with E-state index in [1.807, 2.05) is 0 Å². The topological polar surface area (TPSA) is 88.4 Å². The number of carboxylic acid groups (broad SMARTS) is 1. The van der Waals surface area contributed by atoms with Crippen LogP contribution >= 0.6 is 0 Å². The summed E-state index contributed by atoms with van der Waals surface area (Å²) in [5.41, 5.74) is 4.47. The van der Waals surface area contributed by atoms with Gasteiger partial charge in [-0.15, -0.1) is 0 Å². The molecule has 4 rings (SSSR count). The van der Waals surface area contributed by atoms with Gasteiger partial charge in [-0.2, -0.15) is 0 Å². The number of primary amides is 1. The Hall–Kier alpha value is -0.810. The molecule has 5 heteroatoms. The lowest BCUT2D eigenvalue weighted by molar-refractivity contribution is 0.0802. The van der Waals surface area contributed by atoms with Crippen molar-refractivity contribution >= 4 is 6.09 Å². The van der Waals surface area contributed by atoms with E-state index < -0.39 is 6.09 Å². The largest absolute Gasteiger partial charge is 0.465 e. The van der Waals surface area contributed by atoms with Crippen molar-refractivity contribution in [2.24, 2.45) is 17.1 Å². The Morgan fingerprint density at radius 1 is 1.21 bits per heavy atom. The third kappa shape index (κ3) is 2.13. The lowest BCUT2D eigenvalue weighted by Crippen LogP contribution is -2.38. The van der Waals surface area contributed by atoms with Crippen molar-refractivity contribution in [2.75, 3.05) is 0 Å². The molecule has 2 aliphatic carbocycles. The summed E-state index contributed by atoms with van der Waals surface area (Å²) in [6.45, 7) is 2.46. The van der Waals surface area contributed by atoms with E-state index in [0.29, 0.717) is 17.6 Å². The van der Waals surface area contributed by atoms with Crippen molar-refractivity contribution < 1.29 is 19.4 Å². The smallest absolute Gasteiger partial charge is 0.402 e. The van der Waals surface area contributed by atoms with Gasteiger partial charge < -0.3 is 20.3 Å². The summed E-state index contributed by atoms with van der Waals surface area (Å²) in [4.78, 5) is 8.78. The number of epoxide rings is 2. The van der Waals surface area contributed by atoms with E-state index in [4.69, 9.17) is 19.4 Å². The van der Waals surface area contributed by atoms with Crippen molar-refractivity contribution in [1.82, 2.24) is 0 Å². The molecule has 2 aliphatic heterocycles. The van der Waals surface area contributed by atoms with Crippen molar-refractivity contribution in [3.63, 3.8) is 0 Å². The number of ether oxygens (including phenoxy) is 2. The number of amides is 1. The van der Waals surface area contributed by atoms with Crippen LogP contribution in [0.15, 0.2) is 0 Å². The van der Waals surface area contributed by atoms with Gasteiger partial charge in [0.1, 0.15) is 12.2 Å². The second-order valence-electron chi connectivity index (χ2n) is 6.54. The standard InChI is InChI=1S/C13H20O2.CH3NO2/c1-12(9-5-3-2-4-6-9)8-7-10-13(14-10)11(12)15-13;2-1(3)4/h9-11H,2-8H2,1H3;2H2,(H,3,4). The van der Waals surface area contributed by atoms with E-state index >= 15 is 0 Å². The first-order chi connectivity index (χ1) is 8.99. The van der Waals surface area contributed by atoms with Crippen molar-refractivity contribution in [3.8, 4) is 0 Å². The molecular formula is C14H23NO4. The van der Waals surface area contributed by atoms with Crippen LogP contribution in [0.2, 0.25) is 0 Å². The third-order valence-corrected chi connectivity index (χ3v) is 5.41. The van der Waals surface area contributed by atoms with E-state index in [1.54, 1.807) is 0 Å². The molecule has 2 saturated carbocycles. The summed E-state index contributed by atoms with van der Waals surface area (Å²) < 4.78 is 11.6. The lowest BCUT2D eigenvalue weighted by atomic mass is 9.63. The second kappa shape index (κ2) is 4.35. The predicted octanol–water partition coefficient (Wildman–Crippen LogP) is 2.48. The molecule has 19 heavy (non-hydrogen) atoms. The fraction of sp³-hybridized carbons (Fsp3) is 0.929. The Labute approximate surface area is 113 Å². The molecule has 1 amide bonds. The monoisotopic (exact) mass is 269 g/mol. The molecule has 1 spiro atoms. The molecule has 4 unspecified atom stereocenters. The van der Waals surface area contributed by atoms with Gasteiger partial charge in [-0.3, -0.25) is 0 Å². The molecular weight excluding hydrogens is 246 g/mol. The van der Waals surface area contributed by atoms with Gasteiger partial charge in [-0.25, -0.2) is 4.79 Å². The summed E-state index contributed by atoms with van der Waals surface area (Å²) in [7, 11) is 0. The number of rotatable bonds is 1. The minimum atomic E-state index is -1.33. The van der Waals surface area contributed by atoms with E-state index in [2.05, 4.69) is 12.7 Å². The predicted molar refractivity (Wildman–Crippen MR) is 68.6 cm³/mol. The van der Waals surface area contributed by atoms with Gasteiger partial charge in [-0.1, -0.05) is 26.2 Å². The Morgan fingerprint density at radius 3 is 2.47 bits per heavy atom. The Kier molecular flexibility index (Phi) is 3.02. The summed E-state index contributed by atoms with van der Waals surface area (Å²) in [6, 6.07) is 0. The number of carbonyl (C=O) groups is 1. The fourth-order valence-electron chi connectivity index (χ4n) is 4.28. The molecule has 4 atom stereocenters. The molecule has 4 fully saturated rings. The van der Waals surface area contributed by atoms with Crippen LogP contribution < -0.4 is 5.73 Å². The second-order valence-corrected chi connectivity index (χ2v) is 6.54. The average Bonchev–Trinajstić information content (AvgIpc) is 3.25. The third-order valence-electron chi connectivity index (χ3n) is 5.41. The number of nitrogens with two attached hydrogens (primary N) is 1. The molecule has 0 aromatic heterocycles. The van der Waals surface area contributed by atoms with Gasteiger partial charge in [-0.05, 0) is 31.6 Å². The molecule has 5 nitrogen and oxygen atoms in total. The highest BCUT2D eigenvalue weighted by Gasteiger charge is 2.83. The van der Waals surface area contributed by atoms with Crippen LogP contribution in [0.5, 0.6) is 0 Å². The molecule has 3 N–H and O–H groups in total.